The molecule has 2 fully saturated rings. The molecule has 1 heterocycles. The zero-order chi connectivity index (χ0) is 11.8. The molecule has 3 heteroatoms. The maximum absolute atomic E-state index is 11.5. The van der Waals surface area contributed by atoms with E-state index in [1.807, 2.05) is 6.92 Å². The smallest absolute Gasteiger partial charge is 0.310 e. The van der Waals surface area contributed by atoms with Gasteiger partial charge in [-0.25, -0.2) is 0 Å². The Hall–Kier alpha value is -0.570. The Kier molecular flexibility index (Phi) is 3.24. The van der Waals surface area contributed by atoms with Gasteiger partial charge in [-0.3, -0.25) is 9.69 Å². The fraction of sp³-hybridized carbons (Fsp3) is 0.923. The van der Waals surface area contributed by atoms with Crippen LogP contribution >= 0.6 is 0 Å². The normalized spacial score (nSPS) is 41.1. The molecule has 1 saturated carbocycles. The van der Waals surface area contributed by atoms with Crippen molar-refractivity contribution in [3.8, 4) is 0 Å². The third-order valence-electron chi connectivity index (χ3n) is 4.65. The van der Waals surface area contributed by atoms with Crippen LogP contribution in [0.15, 0.2) is 0 Å². The van der Waals surface area contributed by atoms with Gasteiger partial charge in [-0.1, -0.05) is 12.8 Å². The Balaban J connectivity index is 2.19. The zero-order valence-corrected chi connectivity index (χ0v) is 10.4. The molecular formula is C13H23NO2. The second kappa shape index (κ2) is 4.36. The molecule has 1 N–H and O–H groups in total. The number of carboxylic acid groups (broad SMARTS) is 1. The first kappa shape index (κ1) is 11.9. The second-order valence-corrected chi connectivity index (χ2v) is 5.71. The van der Waals surface area contributed by atoms with E-state index in [9.17, 15) is 9.90 Å². The average molecular weight is 225 g/mol. The number of carboxylic acids is 1. The van der Waals surface area contributed by atoms with Gasteiger partial charge in [0.15, 0.2) is 0 Å². The van der Waals surface area contributed by atoms with Crippen LogP contribution in [0, 0.1) is 5.41 Å². The van der Waals surface area contributed by atoms with E-state index in [0.717, 1.165) is 25.8 Å². The number of rotatable bonds is 2. The lowest BCUT2D eigenvalue weighted by molar-refractivity contribution is -0.155. The van der Waals surface area contributed by atoms with E-state index >= 15 is 0 Å². The van der Waals surface area contributed by atoms with Crippen LogP contribution in [0.5, 0.6) is 0 Å². The fourth-order valence-electron chi connectivity index (χ4n) is 3.51. The molecule has 0 aromatic heterocycles. The summed E-state index contributed by atoms with van der Waals surface area (Å²) in [6.07, 6.45) is 6.63. The summed E-state index contributed by atoms with van der Waals surface area (Å²) < 4.78 is 0. The summed E-state index contributed by atoms with van der Waals surface area (Å²) in [5.74, 6) is -0.601. The van der Waals surface area contributed by atoms with Crippen molar-refractivity contribution in [2.75, 3.05) is 6.54 Å². The monoisotopic (exact) mass is 225 g/mol. The number of aliphatic carboxylic acids is 1. The van der Waals surface area contributed by atoms with Crippen molar-refractivity contribution < 1.29 is 9.90 Å². The second-order valence-electron chi connectivity index (χ2n) is 5.71. The van der Waals surface area contributed by atoms with Gasteiger partial charge in [-0.15, -0.1) is 0 Å². The van der Waals surface area contributed by atoms with Crippen LogP contribution in [0.25, 0.3) is 0 Å². The van der Waals surface area contributed by atoms with Crippen molar-refractivity contribution in [2.45, 2.75) is 64.5 Å². The third kappa shape index (κ3) is 1.86. The molecule has 3 atom stereocenters. The highest BCUT2D eigenvalue weighted by Gasteiger charge is 2.47. The minimum Gasteiger partial charge on any atom is -0.481 e. The van der Waals surface area contributed by atoms with Gasteiger partial charge in [0.05, 0.1) is 5.41 Å². The van der Waals surface area contributed by atoms with Gasteiger partial charge >= 0.3 is 5.97 Å². The molecule has 2 aliphatic rings. The first-order valence-electron chi connectivity index (χ1n) is 6.55. The average Bonchev–Trinajstić information content (AvgIpc) is 2.65. The summed E-state index contributed by atoms with van der Waals surface area (Å²) in [5, 5.41) is 9.49. The fourth-order valence-corrected chi connectivity index (χ4v) is 3.51. The van der Waals surface area contributed by atoms with Crippen molar-refractivity contribution in [1.82, 2.24) is 4.90 Å². The number of hydrogen-bond acceptors (Lipinski definition) is 2. The molecule has 0 amide bonds. The summed E-state index contributed by atoms with van der Waals surface area (Å²) in [4.78, 5) is 14.0. The molecule has 0 spiro atoms. The molecule has 92 valence electrons. The van der Waals surface area contributed by atoms with Gasteiger partial charge in [0.25, 0.3) is 0 Å². The quantitative estimate of drug-likeness (QED) is 0.785. The van der Waals surface area contributed by atoms with Gasteiger partial charge in [0, 0.05) is 12.1 Å². The Labute approximate surface area is 97.8 Å². The Morgan fingerprint density at radius 3 is 2.62 bits per heavy atom. The predicted octanol–water partition coefficient (Wildman–Crippen LogP) is 2.50. The molecule has 3 nitrogen and oxygen atoms in total. The van der Waals surface area contributed by atoms with Crippen molar-refractivity contribution >= 4 is 5.97 Å². The molecule has 16 heavy (non-hydrogen) atoms. The first-order valence-corrected chi connectivity index (χ1v) is 6.55. The summed E-state index contributed by atoms with van der Waals surface area (Å²) in [5.41, 5.74) is -0.517. The minimum absolute atomic E-state index is 0.260. The van der Waals surface area contributed by atoms with Gasteiger partial charge < -0.3 is 5.11 Å². The van der Waals surface area contributed by atoms with E-state index in [0.29, 0.717) is 6.04 Å². The van der Waals surface area contributed by atoms with E-state index in [1.54, 1.807) is 0 Å². The third-order valence-corrected chi connectivity index (χ3v) is 4.65. The van der Waals surface area contributed by atoms with E-state index in [-0.39, 0.29) is 6.04 Å². The summed E-state index contributed by atoms with van der Waals surface area (Å²) in [7, 11) is 0. The minimum atomic E-state index is -0.601. The van der Waals surface area contributed by atoms with E-state index in [2.05, 4.69) is 11.8 Å². The molecule has 0 radical (unpaired) electrons. The standard InChI is InChI=1S/C13H23NO2/c1-10-6-5-9-14(10)11-7-3-4-8-13(11,2)12(15)16/h10-11H,3-9H2,1-2H3,(H,15,16). The number of nitrogens with zero attached hydrogens (tertiary/aromatic N) is 1. The van der Waals surface area contributed by atoms with Crippen LogP contribution in [0.1, 0.15) is 52.4 Å². The summed E-state index contributed by atoms with van der Waals surface area (Å²) in [6.45, 7) is 5.28. The molecule has 3 unspecified atom stereocenters. The molecule has 0 aromatic rings. The molecule has 0 bridgehead atoms. The lowest BCUT2D eigenvalue weighted by Crippen LogP contribution is -2.53. The van der Waals surface area contributed by atoms with E-state index in [1.165, 1.54) is 19.3 Å². The Bertz CT molecular complexity index is 279. The number of carbonyl (C=O) groups is 1. The number of hydrogen-bond donors (Lipinski definition) is 1. The van der Waals surface area contributed by atoms with Crippen LogP contribution < -0.4 is 0 Å². The van der Waals surface area contributed by atoms with Crippen LogP contribution in [-0.4, -0.2) is 34.6 Å². The molecule has 1 aliphatic carbocycles. The van der Waals surface area contributed by atoms with Gasteiger partial charge in [0.2, 0.25) is 0 Å². The zero-order valence-electron chi connectivity index (χ0n) is 10.4. The molecule has 1 saturated heterocycles. The molecule has 2 rings (SSSR count). The van der Waals surface area contributed by atoms with Crippen LogP contribution in [0.2, 0.25) is 0 Å². The van der Waals surface area contributed by atoms with Crippen LogP contribution in [0.3, 0.4) is 0 Å². The highest BCUT2D eigenvalue weighted by molar-refractivity contribution is 5.75. The highest BCUT2D eigenvalue weighted by atomic mass is 16.4. The van der Waals surface area contributed by atoms with Gasteiger partial charge in [-0.05, 0) is 46.1 Å². The Morgan fingerprint density at radius 1 is 1.31 bits per heavy atom. The van der Waals surface area contributed by atoms with Crippen molar-refractivity contribution in [2.24, 2.45) is 5.41 Å². The van der Waals surface area contributed by atoms with Crippen LogP contribution in [0.4, 0.5) is 0 Å². The van der Waals surface area contributed by atoms with E-state index in [4.69, 9.17) is 0 Å². The van der Waals surface area contributed by atoms with Crippen LogP contribution in [-0.2, 0) is 4.79 Å². The van der Waals surface area contributed by atoms with Crippen molar-refractivity contribution in [1.29, 1.82) is 0 Å². The molecule has 1 aliphatic heterocycles. The van der Waals surface area contributed by atoms with Gasteiger partial charge in [0.1, 0.15) is 0 Å². The number of likely N-dealkylation sites (tertiary alicyclic amines) is 1. The molecule has 0 aromatic carbocycles. The van der Waals surface area contributed by atoms with E-state index < -0.39 is 11.4 Å². The lowest BCUT2D eigenvalue weighted by Gasteiger charge is -2.44. The molecular weight excluding hydrogens is 202 g/mol. The Morgan fingerprint density at radius 2 is 2.06 bits per heavy atom. The maximum Gasteiger partial charge on any atom is 0.310 e. The van der Waals surface area contributed by atoms with Crippen molar-refractivity contribution in [3.63, 3.8) is 0 Å². The maximum atomic E-state index is 11.5. The highest BCUT2D eigenvalue weighted by Crippen LogP contribution is 2.41. The summed E-state index contributed by atoms with van der Waals surface area (Å²) >= 11 is 0. The van der Waals surface area contributed by atoms with Crippen molar-refractivity contribution in [3.05, 3.63) is 0 Å². The predicted molar refractivity (Wildman–Crippen MR) is 63.4 cm³/mol. The first-order chi connectivity index (χ1) is 7.55. The van der Waals surface area contributed by atoms with Gasteiger partial charge in [-0.2, -0.15) is 0 Å². The summed E-state index contributed by atoms with van der Waals surface area (Å²) in [6, 6.07) is 0.832. The lowest BCUT2D eigenvalue weighted by atomic mass is 9.71. The SMILES string of the molecule is CC1CCCN1C1CCCCC1(C)C(=O)O. The largest absolute Gasteiger partial charge is 0.481 e. The topological polar surface area (TPSA) is 40.5 Å².